The van der Waals surface area contributed by atoms with E-state index in [1.807, 2.05) is 12.1 Å². The molecule has 3 unspecified atom stereocenters. The number of rotatable bonds is 4. The Kier molecular flexibility index (Phi) is 2.91. The first-order valence-corrected chi connectivity index (χ1v) is 6.60. The molecule has 1 heterocycles. The third kappa shape index (κ3) is 2.38. The van der Waals surface area contributed by atoms with E-state index in [-0.39, 0.29) is 5.91 Å². The molecule has 0 saturated heterocycles. The van der Waals surface area contributed by atoms with E-state index in [9.17, 15) is 4.79 Å². The van der Waals surface area contributed by atoms with E-state index >= 15 is 0 Å². The molecule has 3 heteroatoms. The second-order valence-corrected chi connectivity index (χ2v) is 5.50. The van der Waals surface area contributed by atoms with Gasteiger partial charge in [0.1, 0.15) is 5.76 Å². The molecule has 2 saturated carbocycles. The molecule has 0 radical (unpaired) electrons. The van der Waals surface area contributed by atoms with Gasteiger partial charge in [-0.25, -0.2) is 0 Å². The maximum atomic E-state index is 11.8. The van der Waals surface area contributed by atoms with E-state index in [0.717, 1.165) is 17.6 Å². The highest BCUT2D eigenvalue weighted by Gasteiger charge is 2.39. The van der Waals surface area contributed by atoms with Crippen LogP contribution < -0.4 is 5.32 Å². The Morgan fingerprint density at radius 2 is 2.35 bits per heavy atom. The fourth-order valence-corrected chi connectivity index (χ4v) is 3.54. The molecular weight excluding hydrogens is 214 g/mol. The smallest absolute Gasteiger partial charge is 0.220 e. The monoisotopic (exact) mass is 233 g/mol. The lowest BCUT2D eigenvalue weighted by Crippen LogP contribution is -2.26. The fourth-order valence-electron chi connectivity index (χ4n) is 3.54. The molecule has 0 aromatic carbocycles. The van der Waals surface area contributed by atoms with E-state index in [1.165, 1.54) is 25.7 Å². The molecule has 0 aliphatic heterocycles. The standard InChI is InChI=1S/C14H19NO2/c16-14(15-9-13-2-1-5-17-13)8-12-7-10-3-4-11(12)6-10/h1-2,5,10-12H,3-4,6-9H2,(H,15,16). The number of hydrogen-bond donors (Lipinski definition) is 1. The van der Waals surface area contributed by atoms with Crippen LogP contribution in [0.2, 0.25) is 0 Å². The van der Waals surface area contributed by atoms with Crippen LogP contribution in [-0.2, 0) is 11.3 Å². The van der Waals surface area contributed by atoms with Crippen molar-refractivity contribution in [2.24, 2.45) is 17.8 Å². The Labute approximate surface area is 102 Å². The number of nitrogens with one attached hydrogen (secondary N) is 1. The zero-order valence-corrected chi connectivity index (χ0v) is 10.0. The van der Waals surface area contributed by atoms with Crippen LogP contribution in [0.25, 0.3) is 0 Å². The minimum absolute atomic E-state index is 0.180. The molecule has 2 aliphatic carbocycles. The highest BCUT2D eigenvalue weighted by Crippen LogP contribution is 2.49. The number of carbonyl (C=O) groups excluding carboxylic acids is 1. The molecule has 2 aliphatic rings. The van der Waals surface area contributed by atoms with Gasteiger partial charge in [0.25, 0.3) is 0 Å². The Hall–Kier alpha value is -1.25. The summed E-state index contributed by atoms with van der Waals surface area (Å²) in [6.45, 7) is 0.520. The third-order valence-electron chi connectivity index (χ3n) is 4.37. The lowest BCUT2D eigenvalue weighted by atomic mass is 9.86. The minimum atomic E-state index is 0.180. The van der Waals surface area contributed by atoms with Gasteiger partial charge >= 0.3 is 0 Å². The first-order chi connectivity index (χ1) is 8.31. The zero-order valence-electron chi connectivity index (χ0n) is 10.0. The van der Waals surface area contributed by atoms with Crippen LogP contribution in [0.1, 0.15) is 37.9 Å². The molecule has 17 heavy (non-hydrogen) atoms. The molecule has 92 valence electrons. The number of furan rings is 1. The molecule has 1 N–H and O–H groups in total. The largest absolute Gasteiger partial charge is 0.467 e. The molecule has 3 atom stereocenters. The number of carbonyl (C=O) groups is 1. The van der Waals surface area contributed by atoms with Crippen molar-refractivity contribution in [3.63, 3.8) is 0 Å². The maximum Gasteiger partial charge on any atom is 0.220 e. The molecule has 1 amide bonds. The predicted octanol–water partition coefficient (Wildman–Crippen LogP) is 2.72. The van der Waals surface area contributed by atoms with Crippen LogP contribution in [0.15, 0.2) is 22.8 Å². The summed E-state index contributed by atoms with van der Waals surface area (Å²) in [4.78, 5) is 11.8. The summed E-state index contributed by atoms with van der Waals surface area (Å²) in [5.41, 5.74) is 0. The van der Waals surface area contributed by atoms with Gasteiger partial charge in [-0.1, -0.05) is 6.42 Å². The molecule has 2 bridgehead atoms. The normalized spacial score (nSPS) is 30.7. The Morgan fingerprint density at radius 3 is 3.00 bits per heavy atom. The van der Waals surface area contributed by atoms with Gasteiger partial charge in [-0.2, -0.15) is 0 Å². The van der Waals surface area contributed by atoms with Gasteiger partial charge in [0, 0.05) is 6.42 Å². The number of hydrogen-bond acceptors (Lipinski definition) is 2. The number of amides is 1. The Morgan fingerprint density at radius 1 is 1.41 bits per heavy atom. The summed E-state index contributed by atoms with van der Waals surface area (Å²) in [5, 5.41) is 2.94. The third-order valence-corrected chi connectivity index (χ3v) is 4.37. The van der Waals surface area contributed by atoms with Crippen LogP contribution in [-0.4, -0.2) is 5.91 Å². The summed E-state index contributed by atoms with van der Waals surface area (Å²) in [6, 6.07) is 3.73. The lowest BCUT2D eigenvalue weighted by Gasteiger charge is -2.20. The van der Waals surface area contributed by atoms with Crippen molar-refractivity contribution >= 4 is 5.91 Å². The van der Waals surface area contributed by atoms with Crippen molar-refractivity contribution in [1.29, 1.82) is 0 Å². The molecule has 3 nitrogen and oxygen atoms in total. The predicted molar refractivity (Wildman–Crippen MR) is 64.1 cm³/mol. The second-order valence-electron chi connectivity index (χ2n) is 5.50. The van der Waals surface area contributed by atoms with Gasteiger partial charge in [-0.3, -0.25) is 4.79 Å². The summed E-state index contributed by atoms with van der Waals surface area (Å²) in [7, 11) is 0. The average molecular weight is 233 g/mol. The molecule has 1 aromatic heterocycles. The molecule has 1 aromatic rings. The van der Waals surface area contributed by atoms with E-state index in [0.29, 0.717) is 18.9 Å². The first kappa shape index (κ1) is 10.9. The summed E-state index contributed by atoms with van der Waals surface area (Å²) in [5.74, 6) is 3.40. The molecule has 2 fully saturated rings. The van der Waals surface area contributed by atoms with E-state index < -0.39 is 0 Å². The molecule has 3 rings (SSSR count). The Bertz CT molecular complexity index is 385. The fraction of sp³-hybridized carbons (Fsp3) is 0.643. The highest BCUT2D eigenvalue weighted by atomic mass is 16.3. The van der Waals surface area contributed by atoms with Crippen LogP contribution in [0.3, 0.4) is 0 Å². The van der Waals surface area contributed by atoms with Gasteiger partial charge in [-0.15, -0.1) is 0 Å². The highest BCUT2D eigenvalue weighted by molar-refractivity contribution is 5.76. The van der Waals surface area contributed by atoms with E-state index in [1.54, 1.807) is 6.26 Å². The zero-order chi connectivity index (χ0) is 11.7. The van der Waals surface area contributed by atoms with Crippen LogP contribution in [0.4, 0.5) is 0 Å². The lowest BCUT2D eigenvalue weighted by molar-refractivity contribution is -0.122. The minimum Gasteiger partial charge on any atom is -0.467 e. The Balaban J connectivity index is 1.44. The summed E-state index contributed by atoms with van der Waals surface area (Å²) >= 11 is 0. The summed E-state index contributed by atoms with van der Waals surface area (Å²) in [6.07, 6.45) is 7.74. The van der Waals surface area contributed by atoms with Crippen LogP contribution >= 0.6 is 0 Å². The second kappa shape index (κ2) is 4.55. The van der Waals surface area contributed by atoms with Crippen LogP contribution in [0.5, 0.6) is 0 Å². The van der Waals surface area contributed by atoms with Gasteiger partial charge < -0.3 is 9.73 Å². The molecular formula is C14H19NO2. The first-order valence-electron chi connectivity index (χ1n) is 6.60. The average Bonchev–Trinajstić information content (AvgIpc) is 3.03. The van der Waals surface area contributed by atoms with Crippen molar-refractivity contribution in [3.05, 3.63) is 24.2 Å². The van der Waals surface area contributed by atoms with Crippen molar-refractivity contribution in [2.75, 3.05) is 0 Å². The van der Waals surface area contributed by atoms with Gasteiger partial charge in [0.05, 0.1) is 12.8 Å². The van der Waals surface area contributed by atoms with Crippen molar-refractivity contribution in [2.45, 2.75) is 38.6 Å². The van der Waals surface area contributed by atoms with Crippen molar-refractivity contribution < 1.29 is 9.21 Å². The van der Waals surface area contributed by atoms with Crippen molar-refractivity contribution in [1.82, 2.24) is 5.32 Å². The van der Waals surface area contributed by atoms with Gasteiger partial charge in [-0.05, 0) is 49.1 Å². The van der Waals surface area contributed by atoms with Crippen molar-refractivity contribution in [3.8, 4) is 0 Å². The van der Waals surface area contributed by atoms with E-state index in [4.69, 9.17) is 4.42 Å². The van der Waals surface area contributed by atoms with Gasteiger partial charge in [0.2, 0.25) is 5.91 Å². The summed E-state index contributed by atoms with van der Waals surface area (Å²) < 4.78 is 5.19. The maximum absolute atomic E-state index is 11.8. The van der Waals surface area contributed by atoms with Gasteiger partial charge in [0.15, 0.2) is 0 Å². The quantitative estimate of drug-likeness (QED) is 0.868. The van der Waals surface area contributed by atoms with E-state index in [2.05, 4.69) is 5.32 Å². The van der Waals surface area contributed by atoms with Crippen LogP contribution in [0, 0.1) is 17.8 Å². The topological polar surface area (TPSA) is 42.2 Å². The SMILES string of the molecule is O=C(CC1CC2CCC1C2)NCc1ccco1. The molecule has 0 spiro atoms. The number of fused-ring (bicyclic) bond motifs is 2.